The average molecular weight is 246 g/mol. The molecule has 0 spiro atoms. The maximum Gasteiger partial charge on any atom is 0.257 e. The number of aromatic nitrogens is 2. The first kappa shape index (κ1) is 12.0. The van der Waals surface area contributed by atoms with Gasteiger partial charge in [-0.3, -0.25) is 14.8 Å². The Morgan fingerprint density at radius 1 is 1.33 bits per heavy atom. The van der Waals surface area contributed by atoms with Crippen molar-refractivity contribution in [3.05, 3.63) is 47.8 Å². The van der Waals surface area contributed by atoms with Crippen LogP contribution < -0.4 is 11.1 Å². The second kappa shape index (κ2) is 4.79. The number of rotatable bonds is 2. The van der Waals surface area contributed by atoms with Gasteiger partial charge in [0.1, 0.15) is 5.82 Å². The molecule has 0 saturated carbocycles. The Labute approximate surface area is 103 Å². The maximum atomic E-state index is 12.9. The third-order valence-corrected chi connectivity index (χ3v) is 2.32. The highest BCUT2D eigenvalue weighted by Gasteiger charge is 2.11. The lowest BCUT2D eigenvalue weighted by Crippen LogP contribution is -2.14. The summed E-state index contributed by atoms with van der Waals surface area (Å²) in [5.41, 5.74) is 7.13. The molecule has 2 aromatic heterocycles. The lowest BCUT2D eigenvalue weighted by molar-refractivity contribution is 0.102. The fourth-order valence-corrected chi connectivity index (χ4v) is 1.46. The van der Waals surface area contributed by atoms with Crippen molar-refractivity contribution in [1.82, 2.24) is 9.97 Å². The number of nitrogens with two attached hydrogens (primary N) is 1. The molecule has 0 atom stereocenters. The number of nitrogens with zero attached hydrogens (tertiary/aromatic N) is 2. The van der Waals surface area contributed by atoms with Gasteiger partial charge in [0, 0.05) is 6.07 Å². The molecule has 2 aromatic rings. The molecule has 0 aliphatic rings. The summed E-state index contributed by atoms with van der Waals surface area (Å²) in [5, 5.41) is 2.53. The van der Waals surface area contributed by atoms with Crippen molar-refractivity contribution in [2.45, 2.75) is 6.92 Å². The summed E-state index contributed by atoms with van der Waals surface area (Å²) >= 11 is 0. The molecule has 0 radical (unpaired) electrons. The van der Waals surface area contributed by atoms with Crippen molar-refractivity contribution in [1.29, 1.82) is 0 Å². The predicted octanol–water partition coefficient (Wildman–Crippen LogP) is 1.76. The topological polar surface area (TPSA) is 80.9 Å². The molecule has 92 valence electrons. The first-order valence-electron chi connectivity index (χ1n) is 5.20. The van der Waals surface area contributed by atoms with Crippen LogP contribution in [-0.4, -0.2) is 15.9 Å². The Morgan fingerprint density at radius 2 is 2.11 bits per heavy atom. The van der Waals surface area contributed by atoms with Gasteiger partial charge in [0.25, 0.3) is 5.91 Å². The molecule has 2 rings (SSSR count). The number of nitrogen functional groups attached to an aromatic ring is 1. The van der Waals surface area contributed by atoms with Crippen molar-refractivity contribution >= 4 is 17.3 Å². The van der Waals surface area contributed by atoms with Crippen molar-refractivity contribution < 1.29 is 9.18 Å². The van der Waals surface area contributed by atoms with Crippen LogP contribution >= 0.6 is 0 Å². The number of carbonyl (C=O) groups excluding carboxylic acids is 1. The molecule has 0 fully saturated rings. The molecule has 0 aromatic carbocycles. The molecule has 0 saturated heterocycles. The smallest absolute Gasteiger partial charge is 0.257 e. The summed E-state index contributed by atoms with van der Waals surface area (Å²) in [6.07, 6.45) is 3.88. The number of aryl methyl sites for hydroxylation is 1. The SMILES string of the molecule is Cc1ncc(N)cc1C(=O)Nc1cncc(F)c1. The highest BCUT2D eigenvalue weighted by molar-refractivity contribution is 6.05. The minimum Gasteiger partial charge on any atom is -0.397 e. The van der Waals surface area contributed by atoms with E-state index in [4.69, 9.17) is 5.73 Å². The van der Waals surface area contributed by atoms with E-state index >= 15 is 0 Å². The van der Waals surface area contributed by atoms with Crippen LogP contribution in [-0.2, 0) is 0 Å². The Kier molecular flexibility index (Phi) is 3.18. The number of hydrogen-bond acceptors (Lipinski definition) is 4. The zero-order valence-electron chi connectivity index (χ0n) is 9.64. The van der Waals surface area contributed by atoms with Crippen molar-refractivity contribution in [3.8, 4) is 0 Å². The minimum absolute atomic E-state index is 0.279. The third kappa shape index (κ3) is 2.60. The van der Waals surface area contributed by atoms with E-state index in [9.17, 15) is 9.18 Å². The predicted molar refractivity (Wildman–Crippen MR) is 65.5 cm³/mol. The molecule has 6 heteroatoms. The van der Waals surface area contributed by atoms with Gasteiger partial charge in [0.05, 0.1) is 41.2 Å². The minimum atomic E-state index is -0.518. The van der Waals surface area contributed by atoms with E-state index in [0.717, 1.165) is 6.20 Å². The van der Waals surface area contributed by atoms with Crippen molar-refractivity contribution in [2.75, 3.05) is 11.1 Å². The van der Waals surface area contributed by atoms with E-state index < -0.39 is 11.7 Å². The monoisotopic (exact) mass is 246 g/mol. The van der Waals surface area contributed by atoms with E-state index in [2.05, 4.69) is 15.3 Å². The van der Waals surface area contributed by atoms with Crippen LogP contribution in [0.1, 0.15) is 16.1 Å². The van der Waals surface area contributed by atoms with E-state index in [1.807, 2.05) is 0 Å². The standard InChI is InChI=1S/C12H11FN4O/c1-7-11(3-9(14)5-16-7)12(18)17-10-2-8(13)4-15-6-10/h2-6H,14H2,1H3,(H,17,18). The van der Waals surface area contributed by atoms with Crippen LogP contribution in [0.3, 0.4) is 0 Å². The molecule has 0 unspecified atom stereocenters. The van der Waals surface area contributed by atoms with Gasteiger partial charge in [-0.05, 0) is 13.0 Å². The van der Waals surface area contributed by atoms with E-state index in [-0.39, 0.29) is 5.69 Å². The summed E-state index contributed by atoms with van der Waals surface area (Å²) in [5.74, 6) is -0.921. The van der Waals surface area contributed by atoms with E-state index in [0.29, 0.717) is 16.9 Å². The number of pyridine rings is 2. The van der Waals surface area contributed by atoms with Crippen molar-refractivity contribution in [3.63, 3.8) is 0 Å². The molecule has 5 nitrogen and oxygen atoms in total. The van der Waals surface area contributed by atoms with Gasteiger partial charge in [-0.25, -0.2) is 4.39 Å². The normalized spacial score (nSPS) is 10.1. The Bertz CT molecular complexity index is 600. The van der Waals surface area contributed by atoms with Crippen molar-refractivity contribution in [2.24, 2.45) is 0 Å². The van der Waals surface area contributed by atoms with Crippen LogP contribution in [0, 0.1) is 12.7 Å². The van der Waals surface area contributed by atoms with Crippen LogP contribution in [0.4, 0.5) is 15.8 Å². The number of carbonyl (C=O) groups is 1. The third-order valence-electron chi connectivity index (χ3n) is 2.32. The number of hydrogen-bond donors (Lipinski definition) is 2. The first-order chi connectivity index (χ1) is 8.56. The number of nitrogens with one attached hydrogen (secondary N) is 1. The summed E-state index contributed by atoms with van der Waals surface area (Å²) in [6.45, 7) is 1.69. The molecule has 1 amide bonds. The first-order valence-corrected chi connectivity index (χ1v) is 5.20. The number of halogens is 1. The fourth-order valence-electron chi connectivity index (χ4n) is 1.46. The van der Waals surface area contributed by atoms with Crippen LogP contribution in [0.2, 0.25) is 0 Å². The zero-order valence-corrected chi connectivity index (χ0v) is 9.64. The second-order valence-electron chi connectivity index (χ2n) is 3.75. The van der Waals surface area contributed by atoms with Crippen LogP contribution in [0.15, 0.2) is 30.7 Å². The second-order valence-corrected chi connectivity index (χ2v) is 3.75. The number of amides is 1. The lowest BCUT2D eigenvalue weighted by atomic mass is 10.2. The number of anilines is 2. The maximum absolute atomic E-state index is 12.9. The summed E-state index contributed by atoms with van der Waals surface area (Å²) in [4.78, 5) is 19.6. The molecular formula is C12H11FN4O. The van der Waals surface area contributed by atoms with E-state index in [1.54, 1.807) is 6.92 Å². The average Bonchev–Trinajstić information content (AvgIpc) is 2.32. The lowest BCUT2D eigenvalue weighted by Gasteiger charge is -2.07. The Hall–Kier alpha value is -2.50. The van der Waals surface area contributed by atoms with E-state index in [1.165, 1.54) is 24.5 Å². The molecular weight excluding hydrogens is 235 g/mol. The molecule has 18 heavy (non-hydrogen) atoms. The fraction of sp³-hybridized carbons (Fsp3) is 0.0833. The molecule has 2 heterocycles. The van der Waals surface area contributed by atoms with Gasteiger partial charge < -0.3 is 11.1 Å². The van der Waals surface area contributed by atoms with Gasteiger partial charge in [-0.1, -0.05) is 0 Å². The highest BCUT2D eigenvalue weighted by Crippen LogP contribution is 2.13. The molecule has 3 N–H and O–H groups in total. The highest BCUT2D eigenvalue weighted by atomic mass is 19.1. The van der Waals surface area contributed by atoms with Crippen LogP contribution in [0.5, 0.6) is 0 Å². The van der Waals surface area contributed by atoms with Gasteiger partial charge in [0.15, 0.2) is 0 Å². The van der Waals surface area contributed by atoms with Gasteiger partial charge in [-0.15, -0.1) is 0 Å². The summed E-state index contributed by atoms with van der Waals surface area (Å²) < 4.78 is 12.9. The summed E-state index contributed by atoms with van der Waals surface area (Å²) in [6, 6.07) is 2.70. The largest absolute Gasteiger partial charge is 0.397 e. The Balaban J connectivity index is 2.24. The zero-order chi connectivity index (χ0) is 13.1. The molecule has 0 bridgehead atoms. The molecule has 0 aliphatic carbocycles. The quantitative estimate of drug-likeness (QED) is 0.846. The van der Waals surface area contributed by atoms with Gasteiger partial charge in [0.2, 0.25) is 0 Å². The summed E-state index contributed by atoms with van der Waals surface area (Å²) in [7, 11) is 0. The van der Waals surface area contributed by atoms with Gasteiger partial charge in [-0.2, -0.15) is 0 Å². The molecule has 0 aliphatic heterocycles. The van der Waals surface area contributed by atoms with Crippen LogP contribution in [0.25, 0.3) is 0 Å². The Morgan fingerprint density at radius 3 is 2.83 bits per heavy atom. The van der Waals surface area contributed by atoms with Gasteiger partial charge >= 0.3 is 0 Å².